The van der Waals surface area contributed by atoms with Crippen molar-refractivity contribution in [2.24, 2.45) is 0 Å². The van der Waals surface area contributed by atoms with E-state index in [2.05, 4.69) is 213 Å². The third-order valence-electron chi connectivity index (χ3n) is 17.3. The molecule has 0 N–H and O–H groups in total. The Morgan fingerprint density at radius 3 is 1.12 bits per heavy atom. The minimum atomic E-state index is 0.667. The first-order valence-electron chi connectivity index (χ1n) is 26.9. The summed E-state index contributed by atoms with van der Waals surface area (Å²) in [4.78, 5) is 5.03. The van der Waals surface area contributed by atoms with Gasteiger partial charge in [0.1, 0.15) is 0 Å². The Labute approximate surface area is 422 Å². The summed E-state index contributed by atoms with van der Waals surface area (Å²) in [5.41, 5.74) is 23.3. The topological polar surface area (TPSA) is 16.3 Å². The molecule has 0 unspecified atom stereocenters. The van der Waals surface area contributed by atoms with Crippen LogP contribution in [0.15, 0.2) is 194 Å². The molecule has 4 aliphatic rings. The lowest BCUT2D eigenvalue weighted by atomic mass is 9.84. The summed E-state index contributed by atoms with van der Waals surface area (Å²) in [6.45, 7) is 0. The molecule has 4 heteroatoms. The first-order valence-corrected chi connectivity index (χ1v) is 26.9. The molecule has 11 aromatic rings. The second-order valence-corrected chi connectivity index (χ2v) is 21.3. The number of benzene rings is 9. The number of hydrogen-bond acceptors (Lipinski definition) is 2. The Morgan fingerprint density at radius 1 is 0.333 bits per heavy atom. The van der Waals surface area contributed by atoms with Crippen LogP contribution < -0.4 is 9.80 Å². The van der Waals surface area contributed by atoms with Crippen LogP contribution in [0.1, 0.15) is 109 Å². The van der Waals surface area contributed by atoms with E-state index in [-0.39, 0.29) is 0 Å². The molecule has 4 heterocycles. The molecule has 72 heavy (non-hydrogen) atoms. The lowest BCUT2D eigenvalue weighted by Crippen LogP contribution is -2.16. The van der Waals surface area contributed by atoms with Gasteiger partial charge in [-0.15, -0.1) is 0 Å². The second-order valence-electron chi connectivity index (χ2n) is 21.3. The van der Waals surface area contributed by atoms with Gasteiger partial charge in [0.15, 0.2) is 0 Å². The van der Waals surface area contributed by atoms with Crippen molar-refractivity contribution in [1.29, 1.82) is 0 Å². The van der Waals surface area contributed by atoms with Crippen molar-refractivity contribution in [3.63, 3.8) is 0 Å². The molecule has 9 aromatic carbocycles. The first-order chi connectivity index (χ1) is 35.7. The van der Waals surface area contributed by atoms with Crippen LogP contribution in [-0.4, -0.2) is 9.13 Å². The standard InChI is InChI=1S/C68H58N4/c1-5-17-45(18-6-1)47-29-33-53(34-30-47)69(51-23-9-3-10-24-51)63-39-37-55-57-43-66-58(44-65(57)71-61-27-15-13-21-49(61)41-59(63)67(55)71)56-38-40-64(60-42-50-22-14-16-28-62(50)72(66)68(56)60)70(52-25-11-4-12-26-52)54-35-31-48(32-36-54)46-19-7-2-8-20-46/h3-4,9-16,21-40,43-46H,1-2,5-8,17-20,41-42H2. The second kappa shape index (κ2) is 16.9. The van der Waals surface area contributed by atoms with E-state index in [0.29, 0.717) is 11.8 Å². The first kappa shape index (κ1) is 41.9. The normalized spacial score (nSPS) is 15.6. The van der Waals surface area contributed by atoms with Gasteiger partial charge in [0, 0.05) is 79.6 Å². The number of nitrogens with zero attached hydrogens (tertiary/aromatic N) is 4. The van der Waals surface area contributed by atoms with Gasteiger partial charge in [-0.1, -0.05) is 148 Å². The fourth-order valence-electron chi connectivity index (χ4n) is 13.9. The number of para-hydroxylation sites is 4. The maximum atomic E-state index is 2.61. The molecule has 350 valence electrons. The summed E-state index contributed by atoms with van der Waals surface area (Å²) in [5.74, 6) is 1.33. The number of aromatic nitrogens is 2. The van der Waals surface area contributed by atoms with Crippen molar-refractivity contribution in [3.8, 4) is 11.4 Å². The average Bonchev–Trinajstić information content (AvgIpc) is 3.96. The number of fused-ring (bicyclic) bond motifs is 10. The Hall–Kier alpha value is -7.82. The van der Waals surface area contributed by atoms with Crippen molar-refractivity contribution >= 4 is 77.7 Å². The fraction of sp³-hybridized carbons (Fsp3) is 0.206. The molecule has 0 spiro atoms. The molecule has 2 aromatic heterocycles. The summed E-state index contributed by atoms with van der Waals surface area (Å²) in [6, 6.07) is 74.2. The van der Waals surface area contributed by atoms with Gasteiger partial charge in [-0.05, 0) is 145 Å². The van der Waals surface area contributed by atoms with Crippen LogP contribution >= 0.6 is 0 Å². The highest BCUT2D eigenvalue weighted by atomic mass is 15.2. The van der Waals surface area contributed by atoms with E-state index < -0.39 is 0 Å². The Balaban J connectivity index is 0.947. The van der Waals surface area contributed by atoms with Crippen LogP contribution in [0, 0.1) is 0 Å². The van der Waals surface area contributed by atoms with Crippen LogP contribution in [0.5, 0.6) is 0 Å². The van der Waals surface area contributed by atoms with Gasteiger partial charge in [-0.3, -0.25) is 0 Å². The SMILES string of the molecule is c1ccc(N(c2ccc(C3CCCCC3)cc2)c2ccc3c4cc5c(cc4n4c3c2Cc2ccccc2-4)c2ccc(N(c3ccccc3)c3ccc(C4CCCCC4)cc3)c3c2n5-c2ccccc2C3)cc1. The molecule has 0 amide bonds. The zero-order chi connectivity index (χ0) is 47.3. The summed E-state index contributed by atoms with van der Waals surface area (Å²) in [5, 5.41) is 5.18. The van der Waals surface area contributed by atoms with Gasteiger partial charge in [0.25, 0.3) is 0 Å². The minimum absolute atomic E-state index is 0.667. The van der Waals surface area contributed by atoms with E-state index in [4.69, 9.17) is 0 Å². The van der Waals surface area contributed by atoms with E-state index in [9.17, 15) is 0 Å². The van der Waals surface area contributed by atoms with Crippen LogP contribution in [0.25, 0.3) is 55.0 Å². The van der Waals surface area contributed by atoms with Gasteiger partial charge in [0.05, 0.1) is 33.4 Å². The lowest BCUT2D eigenvalue weighted by molar-refractivity contribution is 0.443. The molecule has 2 aliphatic heterocycles. The van der Waals surface area contributed by atoms with E-state index in [0.717, 1.165) is 12.8 Å². The zero-order valence-electron chi connectivity index (χ0n) is 40.9. The predicted molar refractivity (Wildman–Crippen MR) is 302 cm³/mol. The van der Waals surface area contributed by atoms with Crippen LogP contribution in [0.4, 0.5) is 34.1 Å². The molecule has 2 aliphatic carbocycles. The summed E-state index contributed by atoms with van der Waals surface area (Å²) < 4.78 is 5.22. The Kier molecular flexibility index (Phi) is 9.85. The fourth-order valence-corrected chi connectivity index (χ4v) is 13.9. The quantitative estimate of drug-likeness (QED) is 0.151. The number of rotatable bonds is 8. The molecular formula is C68H58N4. The van der Waals surface area contributed by atoms with Crippen molar-refractivity contribution in [2.45, 2.75) is 88.9 Å². The third-order valence-corrected chi connectivity index (χ3v) is 17.3. The molecule has 0 atom stereocenters. The highest BCUT2D eigenvalue weighted by molar-refractivity contribution is 6.21. The van der Waals surface area contributed by atoms with Gasteiger partial charge >= 0.3 is 0 Å². The summed E-state index contributed by atoms with van der Waals surface area (Å²) in [7, 11) is 0. The molecule has 2 saturated carbocycles. The zero-order valence-corrected chi connectivity index (χ0v) is 40.9. The Bertz CT molecular complexity index is 3610. The maximum Gasteiger partial charge on any atom is 0.0597 e. The van der Waals surface area contributed by atoms with E-state index >= 15 is 0 Å². The van der Waals surface area contributed by atoms with Crippen molar-refractivity contribution < 1.29 is 0 Å². The van der Waals surface area contributed by atoms with Gasteiger partial charge in [0.2, 0.25) is 0 Å². The average molecular weight is 931 g/mol. The molecule has 0 bridgehead atoms. The van der Waals surface area contributed by atoms with Gasteiger partial charge < -0.3 is 18.9 Å². The van der Waals surface area contributed by atoms with Crippen molar-refractivity contribution in [2.75, 3.05) is 9.80 Å². The van der Waals surface area contributed by atoms with Crippen LogP contribution in [-0.2, 0) is 12.8 Å². The predicted octanol–water partition coefficient (Wildman–Crippen LogP) is 18.7. The highest BCUT2D eigenvalue weighted by Crippen LogP contribution is 2.51. The highest BCUT2D eigenvalue weighted by Gasteiger charge is 2.32. The largest absolute Gasteiger partial charge is 0.310 e. The van der Waals surface area contributed by atoms with E-state index in [1.165, 1.54) is 187 Å². The minimum Gasteiger partial charge on any atom is -0.310 e. The molecule has 0 saturated heterocycles. The van der Waals surface area contributed by atoms with Gasteiger partial charge in [-0.2, -0.15) is 0 Å². The van der Waals surface area contributed by atoms with E-state index in [1.807, 2.05) is 0 Å². The maximum absolute atomic E-state index is 2.61. The smallest absolute Gasteiger partial charge is 0.0597 e. The van der Waals surface area contributed by atoms with Crippen molar-refractivity contribution in [1.82, 2.24) is 9.13 Å². The number of hydrogen-bond donors (Lipinski definition) is 0. The van der Waals surface area contributed by atoms with Crippen molar-refractivity contribution in [3.05, 3.63) is 228 Å². The number of anilines is 6. The summed E-state index contributed by atoms with van der Waals surface area (Å²) >= 11 is 0. The Morgan fingerprint density at radius 2 is 0.708 bits per heavy atom. The molecular weight excluding hydrogens is 873 g/mol. The molecule has 0 radical (unpaired) electrons. The molecule has 4 nitrogen and oxygen atoms in total. The summed E-state index contributed by atoms with van der Waals surface area (Å²) in [6.07, 6.45) is 15.0. The van der Waals surface area contributed by atoms with Gasteiger partial charge in [-0.25, -0.2) is 0 Å². The molecule has 2 fully saturated rings. The molecule has 15 rings (SSSR count). The van der Waals surface area contributed by atoms with E-state index in [1.54, 1.807) is 0 Å². The third kappa shape index (κ3) is 6.57. The van der Waals surface area contributed by atoms with Crippen LogP contribution in [0.2, 0.25) is 0 Å². The van der Waals surface area contributed by atoms with Crippen LogP contribution in [0.3, 0.4) is 0 Å². The monoisotopic (exact) mass is 930 g/mol. The lowest BCUT2D eigenvalue weighted by Gasteiger charge is -2.31.